The Morgan fingerprint density at radius 1 is 1.48 bits per heavy atom. The minimum Gasteiger partial charge on any atom is -0.481 e. The normalized spacial score (nSPS) is 10.8. The number of carbonyl (C=O) groups is 2. The Balaban J connectivity index is 2.40. The SMILES string of the molecule is CCNC(=O)Cn1c(SCC(=O)O)nc2ccc(Br)cc21. The summed E-state index contributed by atoms with van der Waals surface area (Å²) in [6.07, 6.45) is 0. The summed E-state index contributed by atoms with van der Waals surface area (Å²) in [5.41, 5.74) is 1.53. The van der Waals surface area contributed by atoms with Crippen LogP contribution >= 0.6 is 27.7 Å². The molecule has 0 aliphatic carbocycles. The average Bonchev–Trinajstić information content (AvgIpc) is 2.74. The van der Waals surface area contributed by atoms with Crippen LogP contribution in [0.4, 0.5) is 0 Å². The summed E-state index contributed by atoms with van der Waals surface area (Å²) in [5, 5.41) is 12.1. The second-order valence-corrected chi connectivity index (χ2v) is 6.11. The number of fused-ring (bicyclic) bond motifs is 1. The number of benzene rings is 1. The van der Waals surface area contributed by atoms with Crippen molar-refractivity contribution < 1.29 is 14.7 Å². The van der Waals surface area contributed by atoms with E-state index in [1.54, 1.807) is 4.57 Å². The van der Waals surface area contributed by atoms with Crippen LogP contribution in [-0.4, -0.2) is 38.8 Å². The Labute approximate surface area is 134 Å². The number of carbonyl (C=O) groups excluding carboxylic acids is 1. The summed E-state index contributed by atoms with van der Waals surface area (Å²) in [6.45, 7) is 2.51. The fraction of sp³-hybridized carbons (Fsp3) is 0.308. The van der Waals surface area contributed by atoms with Crippen molar-refractivity contribution in [2.24, 2.45) is 0 Å². The minimum atomic E-state index is -0.919. The van der Waals surface area contributed by atoms with E-state index in [-0.39, 0.29) is 18.2 Å². The largest absolute Gasteiger partial charge is 0.481 e. The number of nitrogens with one attached hydrogen (secondary N) is 1. The molecule has 0 bridgehead atoms. The van der Waals surface area contributed by atoms with Crippen LogP contribution in [-0.2, 0) is 16.1 Å². The number of thioether (sulfide) groups is 1. The summed E-state index contributed by atoms with van der Waals surface area (Å²) < 4.78 is 2.61. The zero-order valence-electron chi connectivity index (χ0n) is 11.3. The van der Waals surface area contributed by atoms with E-state index >= 15 is 0 Å². The number of imidazole rings is 1. The number of likely N-dealkylation sites (N-methyl/N-ethyl adjacent to an activating group) is 1. The first-order chi connectivity index (χ1) is 10.0. The Morgan fingerprint density at radius 2 is 2.24 bits per heavy atom. The molecule has 2 aromatic rings. The first-order valence-electron chi connectivity index (χ1n) is 6.28. The number of carboxylic acids is 1. The van der Waals surface area contributed by atoms with Gasteiger partial charge in [-0.1, -0.05) is 27.7 Å². The van der Waals surface area contributed by atoms with E-state index in [4.69, 9.17) is 5.11 Å². The highest BCUT2D eigenvalue weighted by Crippen LogP contribution is 2.26. The Bertz CT molecular complexity index is 687. The van der Waals surface area contributed by atoms with Crippen LogP contribution in [0.5, 0.6) is 0 Å². The van der Waals surface area contributed by atoms with Gasteiger partial charge in [0.2, 0.25) is 5.91 Å². The molecule has 1 heterocycles. The van der Waals surface area contributed by atoms with Gasteiger partial charge in [-0.2, -0.15) is 0 Å². The number of hydrogen-bond donors (Lipinski definition) is 2. The molecular weight excluding hydrogens is 358 g/mol. The molecule has 2 N–H and O–H groups in total. The van der Waals surface area contributed by atoms with Crippen molar-refractivity contribution in [3.8, 4) is 0 Å². The lowest BCUT2D eigenvalue weighted by Gasteiger charge is -2.08. The predicted octanol–water partition coefficient (Wildman–Crippen LogP) is 2.11. The number of rotatable bonds is 6. The van der Waals surface area contributed by atoms with E-state index in [1.807, 2.05) is 25.1 Å². The van der Waals surface area contributed by atoms with Crippen molar-refractivity contribution in [3.05, 3.63) is 22.7 Å². The lowest BCUT2D eigenvalue weighted by atomic mass is 10.3. The first kappa shape index (κ1) is 15.8. The molecule has 1 aromatic heterocycles. The molecule has 2 rings (SSSR count). The van der Waals surface area contributed by atoms with Crippen LogP contribution in [0.15, 0.2) is 27.8 Å². The van der Waals surface area contributed by atoms with Crippen molar-refractivity contribution in [3.63, 3.8) is 0 Å². The molecule has 0 unspecified atom stereocenters. The topological polar surface area (TPSA) is 84.2 Å². The molecule has 0 aliphatic rings. The van der Waals surface area contributed by atoms with Gasteiger partial charge in [0, 0.05) is 11.0 Å². The molecule has 8 heteroatoms. The van der Waals surface area contributed by atoms with Gasteiger partial charge in [-0.25, -0.2) is 4.98 Å². The van der Waals surface area contributed by atoms with Crippen LogP contribution in [0.1, 0.15) is 6.92 Å². The fourth-order valence-corrected chi connectivity index (χ4v) is 2.94. The molecule has 0 saturated carbocycles. The predicted molar refractivity (Wildman–Crippen MR) is 84.5 cm³/mol. The van der Waals surface area contributed by atoms with E-state index in [0.29, 0.717) is 11.7 Å². The quantitative estimate of drug-likeness (QED) is 0.759. The molecule has 0 saturated heterocycles. The molecule has 0 aliphatic heterocycles. The molecule has 21 heavy (non-hydrogen) atoms. The maximum atomic E-state index is 11.8. The van der Waals surface area contributed by atoms with Gasteiger partial charge in [0.05, 0.1) is 16.8 Å². The summed E-state index contributed by atoms with van der Waals surface area (Å²) in [7, 11) is 0. The Morgan fingerprint density at radius 3 is 2.90 bits per heavy atom. The van der Waals surface area contributed by atoms with Crippen LogP contribution in [0, 0.1) is 0 Å². The summed E-state index contributed by atoms with van der Waals surface area (Å²) in [6, 6.07) is 5.56. The number of aromatic nitrogens is 2. The van der Waals surface area contributed by atoms with Crippen LogP contribution in [0.25, 0.3) is 11.0 Å². The zero-order chi connectivity index (χ0) is 15.4. The van der Waals surface area contributed by atoms with Gasteiger partial charge < -0.3 is 15.0 Å². The van der Waals surface area contributed by atoms with E-state index in [0.717, 1.165) is 27.3 Å². The van der Waals surface area contributed by atoms with Crippen LogP contribution in [0.2, 0.25) is 0 Å². The summed E-state index contributed by atoms with van der Waals surface area (Å²) in [5.74, 6) is -1.15. The number of hydrogen-bond acceptors (Lipinski definition) is 4. The third kappa shape index (κ3) is 3.98. The number of amides is 1. The Hall–Kier alpha value is -1.54. The second kappa shape index (κ2) is 6.95. The maximum Gasteiger partial charge on any atom is 0.313 e. The molecule has 0 radical (unpaired) electrons. The van der Waals surface area contributed by atoms with Gasteiger partial charge in [0.25, 0.3) is 0 Å². The Kier molecular flexibility index (Phi) is 5.24. The fourth-order valence-electron chi connectivity index (χ4n) is 1.86. The molecule has 0 atom stereocenters. The van der Waals surface area contributed by atoms with Crippen molar-refractivity contribution >= 4 is 50.6 Å². The lowest BCUT2D eigenvalue weighted by molar-refractivity contribution is -0.133. The standard InChI is InChI=1S/C13H14BrN3O3S/c1-2-15-11(18)6-17-10-5-8(14)3-4-9(10)16-13(17)21-7-12(19)20/h3-5H,2,6-7H2,1H3,(H,15,18)(H,19,20). The van der Waals surface area contributed by atoms with Crippen LogP contribution < -0.4 is 5.32 Å². The molecule has 1 aromatic carbocycles. The lowest BCUT2D eigenvalue weighted by Crippen LogP contribution is -2.27. The monoisotopic (exact) mass is 371 g/mol. The third-order valence-electron chi connectivity index (χ3n) is 2.68. The molecule has 0 spiro atoms. The van der Waals surface area contributed by atoms with E-state index in [9.17, 15) is 9.59 Å². The van der Waals surface area contributed by atoms with E-state index in [2.05, 4.69) is 26.2 Å². The highest BCUT2D eigenvalue weighted by Gasteiger charge is 2.15. The maximum absolute atomic E-state index is 11.8. The molecule has 112 valence electrons. The molecule has 0 fully saturated rings. The van der Waals surface area contributed by atoms with Gasteiger partial charge in [0.1, 0.15) is 6.54 Å². The van der Waals surface area contributed by atoms with E-state index in [1.165, 1.54) is 0 Å². The minimum absolute atomic E-state index is 0.0973. The van der Waals surface area contributed by atoms with Crippen molar-refractivity contribution in [2.75, 3.05) is 12.3 Å². The van der Waals surface area contributed by atoms with Crippen molar-refractivity contribution in [2.45, 2.75) is 18.6 Å². The van der Waals surface area contributed by atoms with Gasteiger partial charge in [-0.15, -0.1) is 0 Å². The molecular formula is C13H14BrN3O3S. The average molecular weight is 372 g/mol. The highest BCUT2D eigenvalue weighted by atomic mass is 79.9. The van der Waals surface area contributed by atoms with Crippen molar-refractivity contribution in [1.29, 1.82) is 0 Å². The second-order valence-electron chi connectivity index (χ2n) is 4.25. The van der Waals surface area contributed by atoms with Crippen molar-refractivity contribution in [1.82, 2.24) is 14.9 Å². The van der Waals surface area contributed by atoms with Crippen LogP contribution in [0.3, 0.4) is 0 Å². The van der Waals surface area contributed by atoms with Gasteiger partial charge in [0.15, 0.2) is 5.16 Å². The van der Waals surface area contributed by atoms with E-state index < -0.39 is 5.97 Å². The molecule has 6 nitrogen and oxygen atoms in total. The van der Waals surface area contributed by atoms with Gasteiger partial charge >= 0.3 is 5.97 Å². The van der Waals surface area contributed by atoms with Gasteiger partial charge in [-0.3, -0.25) is 9.59 Å². The first-order valence-corrected chi connectivity index (χ1v) is 8.06. The number of nitrogens with zero attached hydrogens (tertiary/aromatic N) is 2. The number of carboxylic acid groups (broad SMARTS) is 1. The molecule has 1 amide bonds. The van der Waals surface area contributed by atoms with Gasteiger partial charge in [-0.05, 0) is 25.1 Å². The zero-order valence-corrected chi connectivity index (χ0v) is 13.7. The summed E-state index contributed by atoms with van der Waals surface area (Å²) in [4.78, 5) is 27.0. The number of aliphatic carboxylic acids is 1. The number of halogens is 1. The third-order valence-corrected chi connectivity index (χ3v) is 4.13. The smallest absolute Gasteiger partial charge is 0.313 e. The highest BCUT2D eigenvalue weighted by molar-refractivity contribution is 9.10. The summed E-state index contributed by atoms with van der Waals surface area (Å²) >= 11 is 4.50.